The summed E-state index contributed by atoms with van der Waals surface area (Å²) in [4.78, 5) is 11.5. The minimum Gasteiger partial charge on any atom is -0.508 e. The Balaban J connectivity index is 0.000000368. The van der Waals surface area contributed by atoms with E-state index >= 15 is 0 Å². The third-order valence-corrected chi connectivity index (χ3v) is 6.91. The largest absolute Gasteiger partial charge is 0.508 e. The van der Waals surface area contributed by atoms with E-state index in [0.29, 0.717) is 24.2 Å². The predicted octanol–water partition coefficient (Wildman–Crippen LogP) is 9.88. The molecule has 0 bridgehead atoms. The maximum atomic E-state index is 11.5. The number of aromatic hydroxyl groups is 1. The van der Waals surface area contributed by atoms with E-state index in [1.165, 1.54) is 23.4 Å². The number of aryl methyl sites for hydroxylation is 2. The quantitative estimate of drug-likeness (QED) is 0.127. The van der Waals surface area contributed by atoms with Crippen molar-refractivity contribution in [2.24, 2.45) is 0 Å². The average Bonchev–Trinajstić information content (AvgIpc) is 3.65. The van der Waals surface area contributed by atoms with E-state index in [1.807, 2.05) is 56.3 Å². The molecular weight excluding hydrogens is 612 g/mol. The molecule has 0 aliphatic rings. The summed E-state index contributed by atoms with van der Waals surface area (Å²) in [5, 5.41) is 22.4. The van der Waals surface area contributed by atoms with Crippen LogP contribution in [-0.4, -0.2) is 29.4 Å². The van der Waals surface area contributed by atoms with Crippen molar-refractivity contribution in [1.82, 2.24) is 0 Å². The van der Waals surface area contributed by atoms with Crippen molar-refractivity contribution < 1.29 is 28.6 Å². The highest BCUT2D eigenvalue weighted by molar-refractivity contribution is 6.07. The molecule has 0 saturated heterocycles. The van der Waals surface area contributed by atoms with Crippen LogP contribution in [0.25, 0.3) is 45.6 Å². The third-order valence-electron chi connectivity index (χ3n) is 6.91. The van der Waals surface area contributed by atoms with Gasteiger partial charge in [0.2, 0.25) is 0 Å². The normalized spacial score (nSPS) is 10.6. The van der Waals surface area contributed by atoms with Crippen LogP contribution in [0.3, 0.4) is 0 Å². The molecule has 0 saturated carbocycles. The lowest BCUT2D eigenvalue weighted by Gasteiger charge is -2.06. The highest BCUT2D eigenvalue weighted by atomic mass is 16.5. The smallest absolute Gasteiger partial charge is 0.306 e. The van der Waals surface area contributed by atoms with Crippen LogP contribution in [0, 0.1) is 0 Å². The summed E-state index contributed by atoms with van der Waals surface area (Å²) < 4.78 is 16.4. The molecule has 262 valence electrons. The molecule has 2 aromatic heterocycles. The van der Waals surface area contributed by atoms with Gasteiger partial charge in [0.1, 0.15) is 27.9 Å². The first-order valence-electron chi connectivity index (χ1n) is 16.7. The van der Waals surface area contributed by atoms with E-state index in [4.69, 9.17) is 18.7 Å². The van der Waals surface area contributed by atoms with Crippen LogP contribution < -0.4 is 10.6 Å². The van der Waals surface area contributed by atoms with Gasteiger partial charge >= 0.3 is 5.97 Å². The molecule has 0 aliphatic carbocycles. The maximum Gasteiger partial charge on any atom is 0.306 e. The molecule has 0 radical (unpaired) electrons. The van der Waals surface area contributed by atoms with Gasteiger partial charge in [0.15, 0.2) is 0 Å². The fourth-order valence-electron chi connectivity index (χ4n) is 4.63. The van der Waals surface area contributed by atoms with Crippen molar-refractivity contribution in [3.8, 4) is 5.75 Å². The summed E-state index contributed by atoms with van der Waals surface area (Å²) in [6.45, 7) is 26.7. The number of para-hydroxylation sites is 2. The van der Waals surface area contributed by atoms with Crippen LogP contribution in [0.2, 0.25) is 0 Å². The van der Waals surface area contributed by atoms with Crippen molar-refractivity contribution in [3.05, 3.63) is 126 Å². The number of rotatable bonds is 8. The number of carbonyl (C=O) groups is 1. The van der Waals surface area contributed by atoms with Gasteiger partial charge in [-0.2, -0.15) is 0 Å². The Morgan fingerprint density at radius 2 is 1.59 bits per heavy atom. The van der Waals surface area contributed by atoms with Crippen molar-refractivity contribution in [2.75, 3.05) is 13.2 Å². The van der Waals surface area contributed by atoms with Gasteiger partial charge in [-0.1, -0.05) is 120 Å². The number of hydrogen-bond donors (Lipinski definition) is 2. The molecule has 0 spiro atoms. The number of carbonyl (C=O) groups excluding carboxylic acids is 1. The van der Waals surface area contributed by atoms with Crippen LogP contribution in [-0.2, 0) is 22.4 Å². The van der Waals surface area contributed by atoms with Gasteiger partial charge in [-0.05, 0) is 62.9 Å². The molecule has 6 heteroatoms. The summed E-state index contributed by atoms with van der Waals surface area (Å²) >= 11 is 0. The Morgan fingerprint density at radius 3 is 2.12 bits per heavy atom. The van der Waals surface area contributed by atoms with Crippen LogP contribution in [0.4, 0.5) is 0 Å². The number of hydrogen-bond acceptors (Lipinski definition) is 6. The molecule has 2 N–H and O–H groups in total. The first kappa shape index (κ1) is 42.0. The molecule has 3 aromatic carbocycles. The summed E-state index contributed by atoms with van der Waals surface area (Å²) in [5.74, 6) is -0.0833. The van der Waals surface area contributed by atoms with Gasteiger partial charge in [-0.15, -0.1) is 0 Å². The summed E-state index contributed by atoms with van der Waals surface area (Å²) in [5.41, 5.74) is 5.89. The minimum atomic E-state index is -0.262. The summed E-state index contributed by atoms with van der Waals surface area (Å²) in [7, 11) is 0. The molecule has 5 aromatic rings. The highest BCUT2D eigenvalue weighted by Gasteiger charge is 2.15. The van der Waals surface area contributed by atoms with Gasteiger partial charge in [0.25, 0.3) is 0 Å². The fraction of sp³-hybridized carbons (Fsp3) is 0.279. The SMILES string of the molecule is C=C/C=C\C.C=CC(=C)CO.C=c1oc2c(CC)cccc2/c1=C\C.CCC.CCOC(=O)CCc1c(O)ccc2oc3ccccc3c12. The van der Waals surface area contributed by atoms with Crippen molar-refractivity contribution in [1.29, 1.82) is 0 Å². The lowest BCUT2D eigenvalue weighted by molar-refractivity contribution is -0.143. The average molecular weight is 667 g/mol. The molecule has 5 rings (SSSR count). The highest BCUT2D eigenvalue weighted by Crippen LogP contribution is 2.36. The Hall–Kier alpha value is -5.07. The lowest BCUT2D eigenvalue weighted by Crippen LogP contribution is -2.16. The topological polar surface area (TPSA) is 93.0 Å². The summed E-state index contributed by atoms with van der Waals surface area (Å²) in [6.07, 6.45) is 12.1. The number of ether oxygens (including phenoxy) is 1. The first-order valence-corrected chi connectivity index (χ1v) is 16.7. The number of benzene rings is 3. The molecule has 2 heterocycles. The zero-order valence-corrected chi connectivity index (χ0v) is 30.2. The third kappa shape index (κ3) is 12.8. The van der Waals surface area contributed by atoms with E-state index in [0.717, 1.165) is 44.6 Å². The molecule has 49 heavy (non-hydrogen) atoms. The molecule has 0 fully saturated rings. The van der Waals surface area contributed by atoms with Crippen LogP contribution in [0.5, 0.6) is 5.75 Å². The maximum absolute atomic E-state index is 11.5. The Bertz CT molecular complexity index is 1920. The number of aliphatic hydroxyl groups is 1. The van der Waals surface area contributed by atoms with Crippen LogP contribution in [0.1, 0.15) is 65.5 Å². The predicted molar refractivity (Wildman–Crippen MR) is 208 cm³/mol. The Labute approximate surface area is 291 Å². The van der Waals surface area contributed by atoms with Crippen LogP contribution in [0.15, 0.2) is 113 Å². The van der Waals surface area contributed by atoms with Crippen LogP contribution >= 0.6 is 0 Å². The van der Waals surface area contributed by atoms with Gasteiger partial charge < -0.3 is 23.8 Å². The Kier molecular flexibility index (Phi) is 19.9. The molecule has 0 atom stereocenters. The number of esters is 1. The number of allylic oxidation sites excluding steroid dienone is 3. The second-order valence-corrected chi connectivity index (χ2v) is 10.7. The standard InChI is InChI=1S/C17H16O4.C13H14O.C5H8O.C5H8.C3H8/c1-2-20-16(19)10-7-11-13(18)8-9-15-17(11)12-5-3-4-6-14(12)21-15;1-4-10-7-6-8-12-11(5-2)9(3)14-13(10)12;1-3-5(2)4-6;1-3-5-4-2;1-3-2/h3-6,8-9,18H,2,7,10H2,1H3;5-8H,3-4H2,1-2H3;3,6H,1-2,4H2;3-5H,1H2,2H3;3H2,1-2H3/b;11-5-;;5-4-;. The molecule has 0 unspecified atom stereocenters. The number of phenols is 1. The van der Waals surface area contributed by atoms with Gasteiger partial charge in [-0.3, -0.25) is 4.79 Å². The molecule has 0 amide bonds. The molecule has 6 nitrogen and oxygen atoms in total. The minimum absolute atomic E-state index is 0.0174. The van der Waals surface area contributed by atoms with Gasteiger partial charge in [-0.25, -0.2) is 0 Å². The van der Waals surface area contributed by atoms with E-state index in [2.05, 4.69) is 65.3 Å². The second kappa shape index (κ2) is 23.3. The van der Waals surface area contributed by atoms with E-state index in [9.17, 15) is 9.90 Å². The van der Waals surface area contributed by atoms with Crippen molar-refractivity contribution >= 4 is 51.5 Å². The Morgan fingerprint density at radius 1 is 0.918 bits per heavy atom. The van der Waals surface area contributed by atoms with E-state index in [1.54, 1.807) is 25.1 Å². The van der Waals surface area contributed by atoms with Gasteiger partial charge in [0, 0.05) is 33.4 Å². The summed E-state index contributed by atoms with van der Waals surface area (Å²) in [6, 6.07) is 17.3. The zero-order chi connectivity index (χ0) is 36.8. The molecular formula is C43H54O6. The van der Waals surface area contributed by atoms with Crippen molar-refractivity contribution in [2.45, 2.75) is 67.2 Å². The number of fused-ring (bicyclic) bond motifs is 4. The first-order chi connectivity index (χ1) is 23.6. The second-order valence-electron chi connectivity index (χ2n) is 10.7. The monoisotopic (exact) mass is 666 g/mol. The van der Waals surface area contributed by atoms with Gasteiger partial charge in [0.05, 0.1) is 13.2 Å². The number of phenolic OH excluding ortho intramolecular Hbond substituents is 1. The number of aliphatic hydroxyl groups excluding tert-OH is 1. The van der Waals surface area contributed by atoms with Crippen molar-refractivity contribution in [3.63, 3.8) is 0 Å². The fourth-order valence-corrected chi connectivity index (χ4v) is 4.63. The van der Waals surface area contributed by atoms with E-state index < -0.39 is 0 Å². The molecule has 0 aliphatic heterocycles. The lowest BCUT2D eigenvalue weighted by atomic mass is 10.0. The zero-order valence-electron chi connectivity index (χ0n) is 30.2. The number of furan rings is 2. The van der Waals surface area contributed by atoms with E-state index in [-0.39, 0.29) is 24.7 Å².